The fourth-order valence-electron chi connectivity index (χ4n) is 5.25. The second-order valence-electron chi connectivity index (χ2n) is 9.08. The lowest BCUT2D eigenvalue weighted by molar-refractivity contribution is -0.130. The normalized spacial score (nSPS) is 20.0. The third-order valence-corrected chi connectivity index (χ3v) is 7.01. The smallest absolute Gasteiger partial charge is 0.236 e. The molecule has 2 fully saturated rings. The number of rotatable bonds is 6. The molecule has 2 aliphatic heterocycles. The van der Waals surface area contributed by atoms with Gasteiger partial charge in [0.05, 0.1) is 23.9 Å². The molecule has 0 bridgehead atoms. The molecule has 1 aromatic carbocycles. The number of anilines is 1. The quantitative estimate of drug-likeness (QED) is 0.736. The number of aromatic nitrogens is 1. The van der Waals surface area contributed by atoms with Crippen LogP contribution in [0.5, 0.6) is 0 Å². The second kappa shape index (κ2) is 9.90. The molecule has 172 valence electrons. The van der Waals surface area contributed by atoms with Gasteiger partial charge in [-0.3, -0.25) is 4.79 Å². The van der Waals surface area contributed by atoms with Gasteiger partial charge in [-0.2, -0.15) is 5.26 Å². The average Bonchev–Trinajstić information content (AvgIpc) is 3.56. The first-order valence-corrected chi connectivity index (χ1v) is 12.1. The minimum Gasteiger partial charge on any atom is -0.377 e. The minimum absolute atomic E-state index is 0.125. The summed E-state index contributed by atoms with van der Waals surface area (Å²) in [6, 6.07) is 12.7. The molecule has 2 aromatic rings. The fraction of sp³-hybridized carbons (Fsp3) is 0.500. The molecule has 2 saturated heterocycles. The number of fused-ring (bicyclic) bond motifs is 1. The number of amides is 1. The van der Waals surface area contributed by atoms with E-state index in [2.05, 4.69) is 28.4 Å². The van der Waals surface area contributed by atoms with E-state index < -0.39 is 0 Å². The van der Waals surface area contributed by atoms with E-state index in [0.29, 0.717) is 32.7 Å². The predicted molar refractivity (Wildman–Crippen MR) is 127 cm³/mol. The molecule has 1 aliphatic carbocycles. The summed E-state index contributed by atoms with van der Waals surface area (Å²) in [7, 11) is 0. The zero-order valence-electron chi connectivity index (χ0n) is 19.1. The summed E-state index contributed by atoms with van der Waals surface area (Å²) < 4.78 is 5.61. The van der Waals surface area contributed by atoms with Crippen LogP contribution in [0.2, 0.25) is 0 Å². The van der Waals surface area contributed by atoms with Crippen molar-refractivity contribution in [2.24, 2.45) is 0 Å². The molecule has 5 rings (SSSR count). The van der Waals surface area contributed by atoms with E-state index in [4.69, 9.17) is 9.72 Å². The molecule has 33 heavy (non-hydrogen) atoms. The maximum Gasteiger partial charge on any atom is 0.236 e. The summed E-state index contributed by atoms with van der Waals surface area (Å²) in [5, 5.41) is 13.3. The van der Waals surface area contributed by atoms with Crippen molar-refractivity contribution in [3.05, 3.63) is 47.0 Å². The third kappa shape index (κ3) is 4.59. The van der Waals surface area contributed by atoms with Crippen molar-refractivity contribution in [1.29, 1.82) is 5.26 Å². The van der Waals surface area contributed by atoms with E-state index in [1.54, 1.807) is 0 Å². The number of nitriles is 1. The molecule has 7 nitrogen and oxygen atoms in total. The molecule has 0 saturated carbocycles. The zero-order valence-corrected chi connectivity index (χ0v) is 19.1. The fourth-order valence-corrected chi connectivity index (χ4v) is 5.25. The number of hydrogen-bond acceptors (Lipinski definition) is 6. The number of carbonyl (C=O) groups is 1. The van der Waals surface area contributed by atoms with Gasteiger partial charge in [-0.1, -0.05) is 30.3 Å². The monoisotopic (exact) mass is 445 g/mol. The summed E-state index contributed by atoms with van der Waals surface area (Å²) in [5.74, 6) is 0.903. The molecular weight excluding hydrogens is 414 g/mol. The van der Waals surface area contributed by atoms with Gasteiger partial charge in [0.2, 0.25) is 5.91 Å². The molecule has 1 amide bonds. The van der Waals surface area contributed by atoms with Gasteiger partial charge in [-0.25, -0.2) is 4.98 Å². The van der Waals surface area contributed by atoms with Crippen molar-refractivity contribution >= 4 is 11.7 Å². The summed E-state index contributed by atoms with van der Waals surface area (Å²) in [6.07, 6.45) is 5.39. The number of nitrogens with zero attached hydrogens (tertiary/aromatic N) is 4. The Balaban J connectivity index is 1.28. The number of piperazine rings is 1. The van der Waals surface area contributed by atoms with Crippen LogP contribution in [0, 0.1) is 11.3 Å². The maximum absolute atomic E-state index is 12.7. The van der Waals surface area contributed by atoms with Crippen molar-refractivity contribution < 1.29 is 9.53 Å². The second-order valence-corrected chi connectivity index (χ2v) is 9.08. The van der Waals surface area contributed by atoms with Crippen LogP contribution in [-0.2, 0) is 22.4 Å². The van der Waals surface area contributed by atoms with E-state index in [0.717, 1.165) is 73.5 Å². The summed E-state index contributed by atoms with van der Waals surface area (Å²) in [5.41, 5.74) is 5.23. The molecule has 7 heteroatoms. The Hall–Kier alpha value is -2.95. The zero-order chi connectivity index (χ0) is 22.6. The Morgan fingerprint density at radius 3 is 2.64 bits per heavy atom. The standard InChI is InChI=1S/C26H31N5O2/c27-16-23-21-9-4-10-22(21)25(19-6-2-1-3-7-19)29-26(23)31-13-11-30(12-14-31)24(32)18-28-17-20-8-5-15-33-20/h1-3,6-7,20,28H,4-5,8-15,17-18H2/t20-/m1/s1. The molecule has 1 N–H and O–H groups in total. The number of carbonyl (C=O) groups excluding carboxylic acids is 1. The third-order valence-electron chi connectivity index (χ3n) is 7.01. The van der Waals surface area contributed by atoms with Crippen LogP contribution in [0.3, 0.4) is 0 Å². The SMILES string of the molecule is N#Cc1c(N2CCN(C(=O)CNC[C@H]3CCCO3)CC2)nc(-c2ccccc2)c2c1CCC2. The number of ether oxygens (including phenoxy) is 1. The van der Waals surface area contributed by atoms with Gasteiger partial charge in [-0.05, 0) is 43.2 Å². The summed E-state index contributed by atoms with van der Waals surface area (Å²) in [4.78, 5) is 21.8. The number of benzene rings is 1. The van der Waals surface area contributed by atoms with Crippen molar-refractivity contribution in [2.75, 3.05) is 50.8 Å². The molecule has 0 spiro atoms. The lowest BCUT2D eigenvalue weighted by atomic mass is 9.98. The van der Waals surface area contributed by atoms with Gasteiger partial charge in [-0.15, -0.1) is 0 Å². The molecule has 1 aromatic heterocycles. The van der Waals surface area contributed by atoms with Crippen LogP contribution < -0.4 is 10.2 Å². The van der Waals surface area contributed by atoms with E-state index in [9.17, 15) is 10.1 Å². The van der Waals surface area contributed by atoms with Gasteiger partial charge in [0, 0.05) is 44.9 Å². The molecule has 0 unspecified atom stereocenters. The van der Waals surface area contributed by atoms with Gasteiger partial charge in [0.15, 0.2) is 0 Å². The van der Waals surface area contributed by atoms with Gasteiger partial charge >= 0.3 is 0 Å². The minimum atomic E-state index is 0.125. The van der Waals surface area contributed by atoms with Crippen molar-refractivity contribution in [3.8, 4) is 17.3 Å². The van der Waals surface area contributed by atoms with Crippen LogP contribution in [0.1, 0.15) is 36.0 Å². The Kier molecular flexibility index (Phi) is 6.56. The van der Waals surface area contributed by atoms with Crippen LogP contribution >= 0.6 is 0 Å². The maximum atomic E-state index is 12.7. The van der Waals surface area contributed by atoms with Crippen LogP contribution in [0.4, 0.5) is 5.82 Å². The van der Waals surface area contributed by atoms with Crippen LogP contribution in [-0.4, -0.2) is 67.8 Å². The number of hydrogen-bond donors (Lipinski definition) is 1. The van der Waals surface area contributed by atoms with Crippen LogP contribution in [0.15, 0.2) is 30.3 Å². The first kappa shape index (κ1) is 21.9. The lowest BCUT2D eigenvalue weighted by Crippen LogP contribution is -2.51. The van der Waals surface area contributed by atoms with Crippen LogP contribution in [0.25, 0.3) is 11.3 Å². The van der Waals surface area contributed by atoms with E-state index in [-0.39, 0.29) is 12.0 Å². The molecular formula is C26H31N5O2. The lowest BCUT2D eigenvalue weighted by Gasteiger charge is -2.36. The first-order valence-electron chi connectivity index (χ1n) is 12.1. The van der Waals surface area contributed by atoms with Crippen molar-refractivity contribution in [2.45, 2.75) is 38.2 Å². The highest BCUT2D eigenvalue weighted by Crippen LogP contribution is 2.37. The number of pyridine rings is 1. The Morgan fingerprint density at radius 2 is 1.91 bits per heavy atom. The summed E-state index contributed by atoms with van der Waals surface area (Å²) >= 11 is 0. The van der Waals surface area contributed by atoms with Crippen molar-refractivity contribution in [3.63, 3.8) is 0 Å². The molecule has 0 radical (unpaired) electrons. The Labute approximate surface area is 195 Å². The highest BCUT2D eigenvalue weighted by Gasteiger charge is 2.29. The summed E-state index contributed by atoms with van der Waals surface area (Å²) in [6.45, 7) is 4.57. The van der Waals surface area contributed by atoms with Crippen molar-refractivity contribution in [1.82, 2.24) is 15.2 Å². The largest absolute Gasteiger partial charge is 0.377 e. The van der Waals surface area contributed by atoms with Gasteiger partial charge in [0.1, 0.15) is 11.9 Å². The first-order chi connectivity index (χ1) is 16.2. The molecule has 3 aliphatic rings. The Morgan fingerprint density at radius 1 is 1.12 bits per heavy atom. The predicted octanol–water partition coefficient (Wildman–Crippen LogP) is 2.53. The Bertz CT molecular complexity index is 1030. The van der Waals surface area contributed by atoms with E-state index in [1.165, 1.54) is 5.56 Å². The highest BCUT2D eigenvalue weighted by molar-refractivity contribution is 5.79. The average molecular weight is 446 g/mol. The molecule has 1 atom stereocenters. The van der Waals surface area contributed by atoms with E-state index in [1.807, 2.05) is 23.1 Å². The van der Waals surface area contributed by atoms with Gasteiger partial charge < -0.3 is 19.9 Å². The highest BCUT2D eigenvalue weighted by atomic mass is 16.5. The molecule has 3 heterocycles. The number of nitrogens with one attached hydrogen (secondary N) is 1. The van der Waals surface area contributed by atoms with E-state index >= 15 is 0 Å². The topological polar surface area (TPSA) is 81.5 Å². The van der Waals surface area contributed by atoms with Gasteiger partial charge in [0.25, 0.3) is 0 Å².